The molecule has 2 fully saturated rings. The van der Waals surface area contributed by atoms with E-state index in [1.807, 2.05) is 18.0 Å². The second kappa shape index (κ2) is 7.99. The molecule has 0 atom stereocenters. The number of amides is 1. The number of anilines is 2. The quantitative estimate of drug-likeness (QED) is 0.812. The summed E-state index contributed by atoms with van der Waals surface area (Å²) in [5.41, 5.74) is 0.169. The van der Waals surface area contributed by atoms with Crippen LogP contribution in [-0.2, 0) is 4.79 Å². The van der Waals surface area contributed by atoms with Crippen molar-refractivity contribution in [2.45, 2.75) is 38.5 Å². The lowest BCUT2D eigenvalue weighted by atomic mass is 9.72. The predicted octanol–water partition coefficient (Wildman–Crippen LogP) is 1.50. The average molecular weight is 347 g/mol. The number of hydrogen-bond donors (Lipinski definition) is 2. The minimum Gasteiger partial charge on any atom is -0.396 e. The molecule has 1 aliphatic heterocycles. The summed E-state index contributed by atoms with van der Waals surface area (Å²) in [6.45, 7) is 2.92. The Morgan fingerprint density at radius 3 is 2.76 bits per heavy atom. The highest BCUT2D eigenvalue weighted by atomic mass is 16.3. The van der Waals surface area contributed by atoms with Gasteiger partial charge in [0.2, 0.25) is 5.91 Å². The van der Waals surface area contributed by atoms with Gasteiger partial charge in [-0.15, -0.1) is 0 Å². The maximum Gasteiger partial charge on any atom is 0.241 e. The van der Waals surface area contributed by atoms with Gasteiger partial charge < -0.3 is 20.2 Å². The van der Waals surface area contributed by atoms with Crippen molar-refractivity contribution in [1.29, 1.82) is 0 Å². The third-order valence-electron chi connectivity index (χ3n) is 5.63. The number of aliphatic hydroxyl groups is 1. The first-order chi connectivity index (χ1) is 12.1. The van der Waals surface area contributed by atoms with E-state index in [1.54, 1.807) is 11.2 Å². The van der Waals surface area contributed by atoms with Crippen LogP contribution >= 0.6 is 0 Å². The smallest absolute Gasteiger partial charge is 0.241 e. The maximum absolute atomic E-state index is 11.9. The fourth-order valence-electron chi connectivity index (χ4n) is 3.90. The van der Waals surface area contributed by atoms with Gasteiger partial charge in [-0.25, -0.2) is 9.97 Å². The van der Waals surface area contributed by atoms with Crippen molar-refractivity contribution in [1.82, 2.24) is 14.9 Å². The summed E-state index contributed by atoms with van der Waals surface area (Å²) in [5.74, 6) is 1.70. The highest BCUT2D eigenvalue weighted by Gasteiger charge is 2.31. The number of hydrogen-bond acceptors (Lipinski definition) is 6. The number of likely N-dealkylation sites (N-methyl/N-ethyl adjacent to an activating group) is 1. The Bertz CT molecular complexity index is 583. The summed E-state index contributed by atoms with van der Waals surface area (Å²) in [4.78, 5) is 24.3. The first-order valence-corrected chi connectivity index (χ1v) is 9.28. The summed E-state index contributed by atoms with van der Waals surface area (Å²) in [6.07, 6.45) is 8.48. The van der Waals surface area contributed by atoms with Crippen molar-refractivity contribution >= 4 is 17.5 Å². The van der Waals surface area contributed by atoms with E-state index in [9.17, 15) is 9.90 Å². The van der Waals surface area contributed by atoms with E-state index in [2.05, 4.69) is 15.3 Å². The summed E-state index contributed by atoms with van der Waals surface area (Å²) in [5, 5.41) is 12.9. The van der Waals surface area contributed by atoms with Crippen molar-refractivity contribution in [3.8, 4) is 0 Å². The van der Waals surface area contributed by atoms with Gasteiger partial charge in [0.1, 0.15) is 18.0 Å². The van der Waals surface area contributed by atoms with Crippen LogP contribution in [0.1, 0.15) is 38.5 Å². The fraction of sp³-hybridized carbons (Fsp3) is 0.722. The summed E-state index contributed by atoms with van der Waals surface area (Å²) >= 11 is 0. The monoisotopic (exact) mass is 347 g/mol. The number of carbonyl (C=O) groups excluding carboxylic acids is 1. The van der Waals surface area contributed by atoms with Gasteiger partial charge in [-0.2, -0.15) is 0 Å². The zero-order chi connectivity index (χ0) is 17.7. The third kappa shape index (κ3) is 4.39. The van der Waals surface area contributed by atoms with E-state index in [0.717, 1.165) is 44.0 Å². The Kier molecular flexibility index (Phi) is 5.73. The number of nitrogens with zero attached hydrogens (tertiary/aromatic N) is 4. The van der Waals surface area contributed by atoms with Crippen molar-refractivity contribution in [3.63, 3.8) is 0 Å². The molecule has 2 heterocycles. The van der Waals surface area contributed by atoms with Crippen LogP contribution in [0.4, 0.5) is 11.6 Å². The molecule has 1 aromatic heterocycles. The first-order valence-electron chi connectivity index (χ1n) is 9.28. The topological polar surface area (TPSA) is 81.6 Å². The van der Waals surface area contributed by atoms with Crippen LogP contribution in [0.2, 0.25) is 0 Å². The molecule has 7 nitrogen and oxygen atoms in total. The number of rotatable bonds is 6. The van der Waals surface area contributed by atoms with Crippen molar-refractivity contribution in [2.24, 2.45) is 5.41 Å². The molecule has 2 N–H and O–H groups in total. The molecule has 0 unspecified atom stereocenters. The molecule has 1 amide bonds. The molecule has 25 heavy (non-hydrogen) atoms. The molecule has 138 valence electrons. The molecule has 1 saturated carbocycles. The maximum atomic E-state index is 11.9. The molecule has 0 spiro atoms. The number of piperazine rings is 1. The van der Waals surface area contributed by atoms with E-state index < -0.39 is 0 Å². The van der Waals surface area contributed by atoms with Crippen LogP contribution in [0.25, 0.3) is 0 Å². The van der Waals surface area contributed by atoms with Gasteiger partial charge >= 0.3 is 0 Å². The molecule has 3 rings (SSSR count). The highest BCUT2D eigenvalue weighted by Crippen LogP contribution is 2.39. The minimum absolute atomic E-state index is 0.114. The van der Waals surface area contributed by atoms with E-state index in [4.69, 9.17) is 0 Å². The van der Waals surface area contributed by atoms with Crippen LogP contribution in [-0.4, -0.2) is 65.7 Å². The van der Waals surface area contributed by atoms with Gasteiger partial charge in [0.05, 0.1) is 6.54 Å². The second-order valence-electron chi connectivity index (χ2n) is 7.39. The molecule has 1 aliphatic carbocycles. The van der Waals surface area contributed by atoms with Crippen LogP contribution in [0.5, 0.6) is 0 Å². The van der Waals surface area contributed by atoms with E-state index in [0.29, 0.717) is 13.1 Å². The summed E-state index contributed by atoms with van der Waals surface area (Å²) < 4.78 is 0. The molecule has 7 heteroatoms. The lowest BCUT2D eigenvalue weighted by Crippen LogP contribution is -2.48. The normalized spacial score (nSPS) is 20.6. The van der Waals surface area contributed by atoms with Gasteiger partial charge in [-0.1, -0.05) is 19.3 Å². The number of aliphatic hydroxyl groups excluding tert-OH is 1. The summed E-state index contributed by atoms with van der Waals surface area (Å²) in [7, 11) is 1.83. The minimum atomic E-state index is 0.114. The van der Waals surface area contributed by atoms with Crippen molar-refractivity contribution < 1.29 is 9.90 Å². The zero-order valence-electron chi connectivity index (χ0n) is 15.1. The lowest BCUT2D eigenvalue weighted by Gasteiger charge is -2.37. The SMILES string of the molecule is CN1CCN(c2cc(NCC3(CCO)CCCCC3)ncn2)CC1=O. The predicted molar refractivity (Wildman–Crippen MR) is 97.6 cm³/mol. The number of nitrogens with one attached hydrogen (secondary N) is 1. The molecule has 2 aliphatic rings. The second-order valence-corrected chi connectivity index (χ2v) is 7.39. The first kappa shape index (κ1) is 17.9. The van der Waals surface area contributed by atoms with E-state index in [-0.39, 0.29) is 17.9 Å². The molecule has 0 aromatic carbocycles. The van der Waals surface area contributed by atoms with Gasteiger partial charge in [0.25, 0.3) is 0 Å². The van der Waals surface area contributed by atoms with Crippen molar-refractivity contribution in [2.75, 3.05) is 50.1 Å². The van der Waals surface area contributed by atoms with Crippen LogP contribution in [0.15, 0.2) is 12.4 Å². The molecule has 1 saturated heterocycles. The van der Waals surface area contributed by atoms with Crippen molar-refractivity contribution in [3.05, 3.63) is 12.4 Å². The number of carbonyl (C=O) groups is 1. The Balaban J connectivity index is 1.64. The summed E-state index contributed by atoms with van der Waals surface area (Å²) in [6, 6.07) is 1.92. The molecule has 1 aromatic rings. The van der Waals surface area contributed by atoms with Gasteiger partial charge in [-0.3, -0.25) is 4.79 Å². The van der Waals surface area contributed by atoms with Crippen LogP contribution in [0.3, 0.4) is 0 Å². The lowest BCUT2D eigenvalue weighted by molar-refractivity contribution is -0.129. The third-order valence-corrected chi connectivity index (χ3v) is 5.63. The van der Waals surface area contributed by atoms with Gasteiger partial charge in [0.15, 0.2) is 0 Å². The fourth-order valence-corrected chi connectivity index (χ4v) is 3.90. The van der Waals surface area contributed by atoms with Crippen LogP contribution < -0.4 is 10.2 Å². The Labute approximate surface area is 149 Å². The number of aromatic nitrogens is 2. The van der Waals surface area contributed by atoms with Crippen LogP contribution in [0, 0.1) is 5.41 Å². The van der Waals surface area contributed by atoms with Gasteiger partial charge in [-0.05, 0) is 24.7 Å². The van der Waals surface area contributed by atoms with Gasteiger partial charge in [0, 0.05) is 39.4 Å². The molecule has 0 bridgehead atoms. The molecular weight excluding hydrogens is 318 g/mol. The standard InChI is InChI=1S/C18H29N5O2/c1-22-8-9-23(12-17(22)25)16-11-15(20-14-21-16)19-13-18(7-10-24)5-3-2-4-6-18/h11,14,24H,2-10,12-13H2,1H3,(H,19,20,21). The Morgan fingerprint density at radius 2 is 2.04 bits per heavy atom. The largest absolute Gasteiger partial charge is 0.396 e. The Morgan fingerprint density at radius 1 is 1.24 bits per heavy atom. The average Bonchev–Trinajstić information content (AvgIpc) is 2.64. The molecular formula is C18H29N5O2. The van der Waals surface area contributed by atoms with E-state index in [1.165, 1.54) is 19.3 Å². The Hall–Kier alpha value is -1.89. The molecule has 0 radical (unpaired) electrons. The zero-order valence-corrected chi connectivity index (χ0v) is 15.1. The highest BCUT2D eigenvalue weighted by molar-refractivity contribution is 5.82. The van der Waals surface area contributed by atoms with E-state index >= 15 is 0 Å².